The van der Waals surface area contributed by atoms with E-state index in [4.69, 9.17) is 10.8 Å². The number of nitrogens with zero attached hydrogens (tertiary/aromatic N) is 1. The van der Waals surface area contributed by atoms with Crippen molar-refractivity contribution in [3.05, 3.63) is 0 Å². The molecule has 0 saturated carbocycles. The average Bonchev–Trinajstić information content (AvgIpc) is 2.28. The lowest BCUT2D eigenvalue weighted by Crippen LogP contribution is -2.49. The van der Waals surface area contributed by atoms with Crippen LogP contribution in [0.3, 0.4) is 0 Å². The molecule has 3 N–H and O–H groups in total. The highest BCUT2D eigenvalue weighted by Gasteiger charge is 2.31. The molecule has 0 aromatic heterocycles. The SMILES string of the molecule is CCC1CN(S(=O)(=O)CCCC(=O)O)CCC1N. The molecule has 1 aliphatic heterocycles. The lowest BCUT2D eigenvalue weighted by atomic mass is 9.92. The van der Waals surface area contributed by atoms with Gasteiger partial charge in [0.25, 0.3) is 0 Å². The van der Waals surface area contributed by atoms with Gasteiger partial charge in [0.1, 0.15) is 0 Å². The Morgan fingerprint density at radius 2 is 2.17 bits per heavy atom. The highest BCUT2D eigenvalue weighted by Crippen LogP contribution is 2.21. The average molecular weight is 278 g/mol. The fourth-order valence-corrected chi connectivity index (χ4v) is 3.81. The topological polar surface area (TPSA) is 101 Å². The number of rotatable bonds is 6. The van der Waals surface area contributed by atoms with Crippen LogP contribution in [0.2, 0.25) is 0 Å². The quantitative estimate of drug-likeness (QED) is 0.725. The van der Waals surface area contributed by atoms with Crippen molar-refractivity contribution in [1.29, 1.82) is 0 Å². The maximum absolute atomic E-state index is 12.0. The first kappa shape index (κ1) is 15.4. The number of hydrogen-bond donors (Lipinski definition) is 2. The first-order valence-corrected chi connectivity index (χ1v) is 7.93. The number of aliphatic carboxylic acids is 1. The Morgan fingerprint density at radius 1 is 1.50 bits per heavy atom. The monoisotopic (exact) mass is 278 g/mol. The van der Waals surface area contributed by atoms with Crippen LogP contribution in [0.15, 0.2) is 0 Å². The van der Waals surface area contributed by atoms with Gasteiger partial charge in [-0.25, -0.2) is 12.7 Å². The van der Waals surface area contributed by atoms with Crippen molar-refractivity contribution in [2.75, 3.05) is 18.8 Å². The molecule has 18 heavy (non-hydrogen) atoms. The molecule has 106 valence electrons. The van der Waals surface area contributed by atoms with E-state index in [9.17, 15) is 13.2 Å². The molecular weight excluding hydrogens is 256 g/mol. The van der Waals surface area contributed by atoms with Crippen molar-refractivity contribution in [3.63, 3.8) is 0 Å². The van der Waals surface area contributed by atoms with Crippen LogP contribution in [0.4, 0.5) is 0 Å². The van der Waals surface area contributed by atoms with E-state index in [2.05, 4.69) is 0 Å². The molecule has 0 amide bonds. The third kappa shape index (κ3) is 4.22. The normalized spacial score (nSPS) is 26.1. The predicted molar refractivity (Wildman–Crippen MR) is 68.6 cm³/mol. The second-order valence-electron chi connectivity index (χ2n) is 4.79. The van der Waals surface area contributed by atoms with E-state index in [1.165, 1.54) is 4.31 Å². The number of piperidine rings is 1. The number of nitrogens with two attached hydrogens (primary N) is 1. The highest BCUT2D eigenvalue weighted by atomic mass is 32.2. The van der Waals surface area contributed by atoms with Crippen LogP contribution in [0.25, 0.3) is 0 Å². The molecule has 1 fully saturated rings. The number of carbonyl (C=O) groups is 1. The Labute approximate surface area is 108 Å². The summed E-state index contributed by atoms with van der Waals surface area (Å²) in [6.07, 6.45) is 1.60. The van der Waals surface area contributed by atoms with E-state index >= 15 is 0 Å². The molecule has 1 heterocycles. The van der Waals surface area contributed by atoms with Gasteiger partial charge in [-0.2, -0.15) is 0 Å². The van der Waals surface area contributed by atoms with Gasteiger partial charge < -0.3 is 10.8 Å². The van der Waals surface area contributed by atoms with E-state index in [1.807, 2.05) is 6.92 Å². The fourth-order valence-electron chi connectivity index (χ4n) is 2.24. The van der Waals surface area contributed by atoms with Gasteiger partial charge in [0, 0.05) is 25.6 Å². The zero-order valence-electron chi connectivity index (χ0n) is 10.7. The molecule has 2 atom stereocenters. The molecule has 0 radical (unpaired) electrons. The maximum Gasteiger partial charge on any atom is 0.303 e. The summed E-state index contributed by atoms with van der Waals surface area (Å²) in [6, 6.07) is 0.0699. The van der Waals surface area contributed by atoms with Crippen molar-refractivity contribution in [1.82, 2.24) is 4.31 Å². The van der Waals surface area contributed by atoms with Crippen LogP contribution < -0.4 is 5.73 Å². The molecular formula is C11H22N2O4S. The Kier molecular flexibility index (Phi) is 5.55. The summed E-state index contributed by atoms with van der Waals surface area (Å²) >= 11 is 0. The molecule has 0 spiro atoms. The van der Waals surface area contributed by atoms with Gasteiger partial charge in [-0.3, -0.25) is 4.79 Å². The zero-order valence-corrected chi connectivity index (χ0v) is 11.5. The molecule has 1 aliphatic rings. The van der Waals surface area contributed by atoms with Gasteiger partial charge in [-0.05, 0) is 18.8 Å². The van der Waals surface area contributed by atoms with Crippen molar-refractivity contribution in [3.8, 4) is 0 Å². The molecule has 0 aromatic carbocycles. The standard InChI is InChI=1S/C11H22N2O4S/c1-2-9-8-13(6-5-10(9)12)18(16,17)7-3-4-11(14)15/h9-10H,2-8,12H2,1H3,(H,14,15). The van der Waals surface area contributed by atoms with Gasteiger partial charge in [-0.1, -0.05) is 13.3 Å². The Balaban J connectivity index is 2.54. The van der Waals surface area contributed by atoms with Gasteiger partial charge >= 0.3 is 5.97 Å². The summed E-state index contributed by atoms with van der Waals surface area (Å²) < 4.78 is 25.5. The first-order valence-electron chi connectivity index (χ1n) is 6.32. The molecule has 0 aromatic rings. The van der Waals surface area contributed by atoms with Gasteiger partial charge in [0.05, 0.1) is 5.75 Å². The minimum atomic E-state index is -3.33. The summed E-state index contributed by atoms with van der Waals surface area (Å²) in [7, 11) is -3.33. The number of carboxylic acid groups (broad SMARTS) is 1. The number of carboxylic acids is 1. The van der Waals surface area contributed by atoms with E-state index in [0.717, 1.165) is 6.42 Å². The lowest BCUT2D eigenvalue weighted by Gasteiger charge is -2.35. The molecule has 1 rings (SSSR count). The zero-order chi connectivity index (χ0) is 13.8. The molecule has 7 heteroatoms. The fraction of sp³-hybridized carbons (Fsp3) is 0.909. The Morgan fingerprint density at radius 3 is 2.72 bits per heavy atom. The molecule has 1 saturated heterocycles. The Bertz CT molecular complexity index is 383. The summed E-state index contributed by atoms with van der Waals surface area (Å²) in [5, 5.41) is 8.51. The molecule has 0 bridgehead atoms. The third-order valence-electron chi connectivity index (χ3n) is 3.47. The summed E-state index contributed by atoms with van der Waals surface area (Å²) in [5.41, 5.74) is 5.94. The van der Waals surface area contributed by atoms with Crippen molar-refractivity contribution in [2.24, 2.45) is 11.7 Å². The highest BCUT2D eigenvalue weighted by molar-refractivity contribution is 7.89. The summed E-state index contributed by atoms with van der Waals surface area (Å²) in [5.74, 6) is -0.851. The van der Waals surface area contributed by atoms with E-state index < -0.39 is 16.0 Å². The minimum Gasteiger partial charge on any atom is -0.481 e. The number of hydrogen-bond acceptors (Lipinski definition) is 4. The van der Waals surface area contributed by atoms with Gasteiger partial charge in [-0.15, -0.1) is 0 Å². The van der Waals surface area contributed by atoms with Crippen LogP contribution in [-0.4, -0.2) is 48.7 Å². The van der Waals surface area contributed by atoms with Crippen molar-refractivity contribution < 1.29 is 18.3 Å². The van der Waals surface area contributed by atoms with Crippen molar-refractivity contribution >= 4 is 16.0 Å². The van der Waals surface area contributed by atoms with Gasteiger partial charge in [0.15, 0.2) is 0 Å². The van der Waals surface area contributed by atoms with Crippen LogP contribution in [0, 0.1) is 5.92 Å². The predicted octanol–water partition coefficient (Wildman–Crippen LogP) is 0.240. The third-order valence-corrected chi connectivity index (χ3v) is 5.39. The van der Waals surface area contributed by atoms with Crippen LogP contribution >= 0.6 is 0 Å². The first-order chi connectivity index (χ1) is 8.36. The van der Waals surface area contributed by atoms with Gasteiger partial charge in [0.2, 0.25) is 10.0 Å². The number of sulfonamides is 1. The smallest absolute Gasteiger partial charge is 0.303 e. The van der Waals surface area contributed by atoms with Crippen LogP contribution in [0.1, 0.15) is 32.6 Å². The van der Waals surface area contributed by atoms with Crippen molar-refractivity contribution in [2.45, 2.75) is 38.6 Å². The van der Waals surface area contributed by atoms with E-state index in [1.54, 1.807) is 0 Å². The minimum absolute atomic E-state index is 0.0699. The van der Waals surface area contributed by atoms with E-state index in [-0.39, 0.29) is 30.6 Å². The van der Waals surface area contributed by atoms with E-state index in [0.29, 0.717) is 19.5 Å². The van der Waals surface area contributed by atoms with Crippen LogP contribution in [0.5, 0.6) is 0 Å². The molecule has 6 nitrogen and oxygen atoms in total. The second kappa shape index (κ2) is 6.49. The summed E-state index contributed by atoms with van der Waals surface area (Å²) in [6.45, 7) is 2.92. The van der Waals surface area contributed by atoms with Crippen LogP contribution in [-0.2, 0) is 14.8 Å². The second-order valence-corrected chi connectivity index (χ2v) is 6.88. The summed E-state index contributed by atoms with van der Waals surface area (Å²) in [4.78, 5) is 10.4. The largest absolute Gasteiger partial charge is 0.481 e. The molecule has 2 unspecified atom stereocenters. The molecule has 0 aliphatic carbocycles. The Hall–Kier alpha value is -0.660. The lowest BCUT2D eigenvalue weighted by molar-refractivity contribution is -0.137. The maximum atomic E-state index is 12.0.